The summed E-state index contributed by atoms with van der Waals surface area (Å²) in [6.45, 7) is 7.86. The zero-order valence-corrected chi connectivity index (χ0v) is 13.2. The number of hydrogen-bond donors (Lipinski definition) is 2. The SMILES string of the molecule is CCC(CO)(CCCN1CCCC(C)(OC)C1)NC. The summed E-state index contributed by atoms with van der Waals surface area (Å²) in [5.41, 5.74) is -0.0690. The Hall–Kier alpha value is -0.160. The second-order valence-electron chi connectivity index (χ2n) is 6.18. The van der Waals surface area contributed by atoms with E-state index in [0.29, 0.717) is 0 Å². The zero-order chi connectivity index (χ0) is 14.4. The minimum absolute atomic E-state index is 0.0279. The number of rotatable bonds is 8. The van der Waals surface area contributed by atoms with Gasteiger partial charge in [-0.1, -0.05) is 6.92 Å². The molecule has 2 unspecified atom stereocenters. The van der Waals surface area contributed by atoms with Crippen molar-refractivity contribution in [3.05, 3.63) is 0 Å². The molecule has 0 aromatic heterocycles. The number of nitrogens with zero attached hydrogens (tertiary/aromatic N) is 1. The highest BCUT2D eigenvalue weighted by Gasteiger charge is 2.31. The highest BCUT2D eigenvalue weighted by Crippen LogP contribution is 2.24. The van der Waals surface area contributed by atoms with Crippen molar-refractivity contribution in [2.75, 3.05) is 40.4 Å². The van der Waals surface area contributed by atoms with Gasteiger partial charge in [0.2, 0.25) is 0 Å². The number of ether oxygens (including phenoxy) is 1. The molecule has 0 aromatic rings. The summed E-state index contributed by atoms with van der Waals surface area (Å²) in [5.74, 6) is 0. The third kappa shape index (κ3) is 4.71. The van der Waals surface area contributed by atoms with Crippen LogP contribution in [-0.2, 0) is 4.74 Å². The Morgan fingerprint density at radius 2 is 2.21 bits per heavy atom. The first-order valence-corrected chi connectivity index (χ1v) is 7.60. The number of piperidine rings is 1. The predicted molar refractivity (Wildman–Crippen MR) is 79.5 cm³/mol. The molecule has 2 atom stereocenters. The molecule has 0 aliphatic carbocycles. The fraction of sp³-hybridized carbons (Fsp3) is 1.00. The minimum Gasteiger partial charge on any atom is -0.394 e. The van der Waals surface area contributed by atoms with Crippen LogP contribution in [-0.4, -0.2) is 61.5 Å². The quantitative estimate of drug-likeness (QED) is 0.705. The number of hydrogen-bond acceptors (Lipinski definition) is 4. The lowest BCUT2D eigenvalue weighted by molar-refractivity contribution is -0.0512. The van der Waals surface area contributed by atoms with Crippen molar-refractivity contribution in [1.82, 2.24) is 10.2 Å². The zero-order valence-electron chi connectivity index (χ0n) is 13.2. The molecule has 1 aliphatic heterocycles. The lowest BCUT2D eigenvalue weighted by Crippen LogP contribution is -2.49. The van der Waals surface area contributed by atoms with Gasteiger partial charge in [-0.15, -0.1) is 0 Å². The van der Waals surface area contributed by atoms with Gasteiger partial charge in [0.05, 0.1) is 12.2 Å². The van der Waals surface area contributed by atoms with Crippen molar-refractivity contribution in [1.29, 1.82) is 0 Å². The lowest BCUT2D eigenvalue weighted by atomic mass is 9.90. The van der Waals surface area contributed by atoms with Crippen molar-refractivity contribution in [2.45, 2.75) is 57.1 Å². The van der Waals surface area contributed by atoms with Crippen molar-refractivity contribution < 1.29 is 9.84 Å². The summed E-state index contributed by atoms with van der Waals surface area (Å²) in [5, 5.41) is 12.8. The molecule has 2 N–H and O–H groups in total. The molecule has 4 nitrogen and oxygen atoms in total. The Labute approximate surface area is 118 Å². The summed E-state index contributed by atoms with van der Waals surface area (Å²) in [6, 6.07) is 0. The molecule has 1 aliphatic rings. The monoisotopic (exact) mass is 272 g/mol. The Morgan fingerprint density at radius 3 is 2.74 bits per heavy atom. The maximum Gasteiger partial charge on any atom is 0.0777 e. The molecule has 4 heteroatoms. The van der Waals surface area contributed by atoms with E-state index in [2.05, 4.69) is 24.1 Å². The predicted octanol–water partition coefficient (Wildman–Crippen LogP) is 1.63. The van der Waals surface area contributed by atoms with Gasteiger partial charge in [-0.25, -0.2) is 0 Å². The van der Waals surface area contributed by atoms with Gasteiger partial charge in [0, 0.05) is 19.2 Å². The molecule has 0 spiro atoms. The summed E-state index contributed by atoms with van der Waals surface area (Å²) in [7, 11) is 3.76. The first-order chi connectivity index (χ1) is 9.03. The van der Waals surface area contributed by atoms with Crippen LogP contribution in [0, 0.1) is 0 Å². The lowest BCUT2D eigenvalue weighted by Gasteiger charge is -2.40. The van der Waals surface area contributed by atoms with Crippen molar-refractivity contribution in [3.63, 3.8) is 0 Å². The second-order valence-corrected chi connectivity index (χ2v) is 6.18. The number of aliphatic hydroxyl groups is 1. The van der Waals surface area contributed by atoms with Gasteiger partial charge in [-0.3, -0.25) is 0 Å². The summed E-state index contributed by atoms with van der Waals surface area (Å²) in [4.78, 5) is 2.50. The van der Waals surface area contributed by atoms with Gasteiger partial charge >= 0.3 is 0 Å². The van der Waals surface area contributed by atoms with Crippen LogP contribution in [0.2, 0.25) is 0 Å². The Morgan fingerprint density at radius 1 is 1.47 bits per heavy atom. The average Bonchev–Trinajstić information content (AvgIpc) is 2.44. The van der Waals surface area contributed by atoms with E-state index in [4.69, 9.17) is 4.74 Å². The van der Waals surface area contributed by atoms with Crippen LogP contribution < -0.4 is 5.32 Å². The van der Waals surface area contributed by atoms with Gasteiger partial charge in [0.15, 0.2) is 0 Å². The molecule has 19 heavy (non-hydrogen) atoms. The van der Waals surface area contributed by atoms with Gasteiger partial charge < -0.3 is 20.1 Å². The Kier molecular flexibility index (Phi) is 6.74. The third-order valence-corrected chi connectivity index (χ3v) is 4.87. The van der Waals surface area contributed by atoms with E-state index in [1.807, 2.05) is 14.2 Å². The van der Waals surface area contributed by atoms with E-state index in [0.717, 1.165) is 38.8 Å². The van der Waals surface area contributed by atoms with Gasteiger partial charge in [0.1, 0.15) is 0 Å². The number of aliphatic hydroxyl groups excluding tert-OH is 1. The molecule has 1 saturated heterocycles. The molecule has 1 rings (SSSR count). The van der Waals surface area contributed by atoms with E-state index in [-0.39, 0.29) is 17.7 Å². The van der Waals surface area contributed by atoms with E-state index in [1.54, 1.807) is 0 Å². The van der Waals surface area contributed by atoms with E-state index < -0.39 is 0 Å². The molecule has 0 saturated carbocycles. The highest BCUT2D eigenvalue weighted by atomic mass is 16.5. The molecule has 0 aromatic carbocycles. The summed E-state index contributed by atoms with van der Waals surface area (Å²) < 4.78 is 5.63. The van der Waals surface area contributed by atoms with Gasteiger partial charge in [-0.05, 0) is 59.2 Å². The first-order valence-electron chi connectivity index (χ1n) is 7.60. The van der Waals surface area contributed by atoms with Crippen molar-refractivity contribution >= 4 is 0 Å². The molecule has 114 valence electrons. The van der Waals surface area contributed by atoms with E-state index >= 15 is 0 Å². The second kappa shape index (κ2) is 7.58. The van der Waals surface area contributed by atoms with Gasteiger partial charge in [0.25, 0.3) is 0 Å². The fourth-order valence-corrected chi connectivity index (χ4v) is 3.05. The maximum absolute atomic E-state index is 9.54. The minimum atomic E-state index is -0.0969. The number of likely N-dealkylation sites (N-methyl/N-ethyl adjacent to an activating group) is 1. The molecular formula is C15H32N2O2. The van der Waals surface area contributed by atoms with E-state index in [9.17, 15) is 5.11 Å². The van der Waals surface area contributed by atoms with Gasteiger partial charge in [-0.2, -0.15) is 0 Å². The average molecular weight is 272 g/mol. The number of methoxy groups -OCH3 is 1. The van der Waals surface area contributed by atoms with E-state index in [1.165, 1.54) is 13.0 Å². The fourth-order valence-electron chi connectivity index (χ4n) is 3.05. The van der Waals surface area contributed by atoms with Crippen LogP contribution >= 0.6 is 0 Å². The topological polar surface area (TPSA) is 44.7 Å². The van der Waals surface area contributed by atoms with Crippen molar-refractivity contribution in [3.8, 4) is 0 Å². The molecule has 0 radical (unpaired) electrons. The molecule has 0 amide bonds. The van der Waals surface area contributed by atoms with Crippen LogP contribution in [0.1, 0.15) is 46.0 Å². The summed E-state index contributed by atoms with van der Waals surface area (Å²) in [6.07, 6.45) is 5.49. The van der Waals surface area contributed by atoms with Crippen LogP contribution in [0.25, 0.3) is 0 Å². The standard InChI is InChI=1S/C15H32N2O2/c1-5-15(13-18,16-3)9-7-11-17-10-6-8-14(2,12-17)19-4/h16,18H,5-13H2,1-4H3. The first kappa shape index (κ1) is 16.9. The van der Waals surface area contributed by atoms with Crippen LogP contribution in [0.5, 0.6) is 0 Å². The maximum atomic E-state index is 9.54. The molecular weight excluding hydrogens is 240 g/mol. The Balaban J connectivity index is 2.36. The van der Waals surface area contributed by atoms with Crippen LogP contribution in [0.15, 0.2) is 0 Å². The number of likely N-dealkylation sites (tertiary alicyclic amines) is 1. The number of nitrogens with one attached hydrogen (secondary N) is 1. The largest absolute Gasteiger partial charge is 0.394 e. The molecule has 0 bridgehead atoms. The Bertz CT molecular complexity index is 248. The highest BCUT2D eigenvalue weighted by molar-refractivity contribution is 4.87. The third-order valence-electron chi connectivity index (χ3n) is 4.87. The summed E-state index contributed by atoms with van der Waals surface area (Å²) >= 11 is 0. The molecule has 1 fully saturated rings. The smallest absolute Gasteiger partial charge is 0.0777 e. The van der Waals surface area contributed by atoms with Crippen LogP contribution in [0.3, 0.4) is 0 Å². The van der Waals surface area contributed by atoms with Crippen LogP contribution in [0.4, 0.5) is 0 Å². The molecule has 1 heterocycles. The normalized spacial score (nSPS) is 28.3. The van der Waals surface area contributed by atoms with Crippen molar-refractivity contribution in [2.24, 2.45) is 0 Å².